The normalized spacial score (nSPS) is 12.8. The van der Waals surface area contributed by atoms with Gasteiger partial charge in [-0.25, -0.2) is 4.79 Å². The molecule has 1 aromatic rings. The number of hydrogen-bond acceptors (Lipinski definition) is 3. The second kappa shape index (κ2) is 6.23. The van der Waals surface area contributed by atoms with Crippen LogP contribution in [0.1, 0.15) is 15.9 Å². The predicted octanol–water partition coefficient (Wildman–Crippen LogP) is 1.64. The average Bonchev–Trinajstić information content (AvgIpc) is 2.34. The van der Waals surface area contributed by atoms with Crippen LogP contribution in [0.3, 0.4) is 0 Å². The van der Waals surface area contributed by atoms with Gasteiger partial charge in [0.25, 0.3) is 5.91 Å². The highest BCUT2D eigenvalue weighted by Crippen LogP contribution is 2.33. The molecule has 20 heavy (non-hydrogen) atoms. The molecular weight excluding hydrogens is 347 g/mol. The molecule has 0 aliphatic rings. The standard InChI is InChI=1S/C11H9BrF3NO4/c12-5-1-2-6(7(3-5)11(13,14)15)9(18)16-4-8(17)10(19)20/h1-3,8,17H,4H2,(H,16,18)(H,19,20). The third kappa shape index (κ3) is 4.20. The van der Waals surface area contributed by atoms with Gasteiger partial charge in [-0.05, 0) is 18.2 Å². The Morgan fingerprint density at radius 3 is 2.45 bits per heavy atom. The van der Waals surface area contributed by atoms with Gasteiger partial charge in [0.2, 0.25) is 0 Å². The third-order valence-corrected chi connectivity index (χ3v) is 2.77. The van der Waals surface area contributed by atoms with E-state index in [9.17, 15) is 22.8 Å². The van der Waals surface area contributed by atoms with E-state index in [4.69, 9.17) is 10.2 Å². The quantitative estimate of drug-likeness (QED) is 0.766. The number of carboxylic acids is 1. The Morgan fingerprint density at radius 1 is 1.35 bits per heavy atom. The van der Waals surface area contributed by atoms with E-state index in [1.807, 2.05) is 5.32 Å². The van der Waals surface area contributed by atoms with Gasteiger partial charge in [-0.1, -0.05) is 15.9 Å². The first-order chi connectivity index (χ1) is 9.12. The Morgan fingerprint density at radius 2 is 1.95 bits per heavy atom. The van der Waals surface area contributed by atoms with Gasteiger partial charge in [0.05, 0.1) is 17.7 Å². The van der Waals surface area contributed by atoms with Crippen molar-refractivity contribution in [1.29, 1.82) is 0 Å². The van der Waals surface area contributed by atoms with Gasteiger partial charge in [0.15, 0.2) is 6.10 Å². The van der Waals surface area contributed by atoms with E-state index in [-0.39, 0.29) is 4.47 Å². The Bertz CT molecular complexity index is 533. The highest BCUT2D eigenvalue weighted by Gasteiger charge is 2.35. The number of carboxylic acid groups (broad SMARTS) is 1. The molecule has 0 aromatic heterocycles. The number of benzene rings is 1. The molecule has 0 aliphatic heterocycles. The van der Waals surface area contributed by atoms with Crippen molar-refractivity contribution >= 4 is 27.8 Å². The minimum atomic E-state index is -4.73. The SMILES string of the molecule is O=C(NCC(O)C(=O)O)c1ccc(Br)cc1C(F)(F)F. The summed E-state index contributed by atoms with van der Waals surface area (Å²) in [4.78, 5) is 22.0. The summed E-state index contributed by atoms with van der Waals surface area (Å²) in [7, 11) is 0. The van der Waals surface area contributed by atoms with E-state index < -0.39 is 41.8 Å². The molecular formula is C11H9BrF3NO4. The number of aliphatic hydroxyl groups is 1. The Hall–Kier alpha value is -1.61. The molecule has 0 heterocycles. The first kappa shape index (κ1) is 16.4. The van der Waals surface area contributed by atoms with Crippen LogP contribution in [0, 0.1) is 0 Å². The van der Waals surface area contributed by atoms with Gasteiger partial charge < -0.3 is 15.5 Å². The van der Waals surface area contributed by atoms with E-state index in [1.165, 1.54) is 6.07 Å². The molecule has 0 spiro atoms. The zero-order valence-electron chi connectivity index (χ0n) is 9.74. The zero-order chi connectivity index (χ0) is 15.5. The molecule has 0 aliphatic carbocycles. The monoisotopic (exact) mass is 355 g/mol. The molecule has 3 N–H and O–H groups in total. The van der Waals surface area contributed by atoms with Gasteiger partial charge in [-0.15, -0.1) is 0 Å². The summed E-state index contributed by atoms with van der Waals surface area (Å²) in [5.74, 6) is -2.71. The van der Waals surface area contributed by atoms with Crippen LogP contribution in [0.15, 0.2) is 22.7 Å². The van der Waals surface area contributed by atoms with Gasteiger partial charge in [-0.2, -0.15) is 13.2 Å². The van der Waals surface area contributed by atoms with Crippen molar-refractivity contribution in [2.45, 2.75) is 12.3 Å². The number of halogens is 4. The van der Waals surface area contributed by atoms with Crippen LogP contribution in [-0.4, -0.2) is 34.7 Å². The largest absolute Gasteiger partial charge is 0.479 e. The lowest BCUT2D eigenvalue weighted by Crippen LogP contribution is -2.37. The summed E-state index contributed by atoms with van der Waals surface area (Å²) >= 11 is 2.87. The maximum atomic E-state index is 12.8. The summed E-state index contributed by atoms with van der Waals surface area (Å²) in [6.07, 6.45) is -6.62. The number of aliphatic hydroxyl groups excluding tert-OH is 1. The van der Waals surface area contributed by atoms with Crippen molar-refractivity contribution in [3.8, 4) is 0 Å². The second-order valence-corrected chi connectivity index (χ2v) is 4.67. The van der Waals surface area contributed by atoms with E-state index in [0.717, 1.165) is 12.1 Å². The topological polar surface area (TPSA) is 86.6 Å². The van der Waals surface area contributed by atoms with Crippen molar-refractivity contribution in [1.82, 2.24) is 5.32 Å². The summed E-state index contributed by atoms with van der Waals surface area (Å²) in [5, 5.41) is 19.3. The number of carbonyl (C=O) groups is 2. The summed E-state index contributed by atoms with van der Waals surface area (Å²) in [6, 6.07) is 2.94. The Kier molecular flexibility index (Phi) is 5.12. The molecule has 0 bridgehead atoms. The van der Waals surface area contributed by atoms with E-state index >= 15 is 0 Å². The van der Waals surface area contributed by atoms with Gasteiger partial charge in [0.1, 0.15) is 0 Å². The number of amides is 1. The van der Waals surface area contributed by atoms with Crippen LogP contribution >= 0.6 is 15.9 Å². The Labute approximate surface area is 119 Å². The summed E-state index contributed by atoms with van der Waals surface area (Å²) in [6.45, 7) is -0.693. The van der Waals surface area contributed by atoms with Crippen LogP contribution in [0.4, 0.5) is 13.2 Å². The average molecular weight is 356 g/mol. The Balaban J connectivity index is 2.96. The molecule has 5 nitrogen and oxygen atoms in total. The molecule has 1 aromatic carbocycles. The molecule has 9 heteroatoms. The smallest absolute Gasteiger partial charge is 0.417 e. The van der Waals surface area contributed by atoms with Crippen LogP contribution in [-0.2, 0) is 11.0 Å². The number of hydrogen-bond donors (Lipinski definition) is 3. The van der Waals surface area contributed by atoms with Gasteiger partial charge in [-0.3, -0.25) is 4.79 Å². The molecule has 1 amide bonds. The molecule has 0 saturated heterocycles. The first-order valence-corrected chi connectivity index (χ1v) is 5.98. The van der Waals surface area contributed by atoms with Crippen molar-refractivity contribution < 1.29 is 33.0 Å². The second-order valence-electron chi connectivity index (χ2n) is 3.75. The molecule has 110 valence electrons. The number of alkyl halides is 3. The maximum Gasteiger partial charge on any atom is 0.417 e. The summed E-state index contributed by atoms with van der Waals surface area (Å²) in [5.41, 5.74) is -1.81. The zero-order valence-corrected chi connectivity index (χ0v) is 11.3. The van der Waals surface area contributed by atoms with Crippen LogP contribution in [0.2, 0.25) is 0 Å². The van der Waals surface area contributed by atoms with Crippen LogP contribution in [0.5, 0.6) is 0 Å². The third-order valence-electron chi connectivity index (χ3n) is 2.27. The van der Waals surface area contributed by atoms with Crippen molar-refractivity contribution in [3.05, 3.63) is 33.8 Å². The summed E-state index contributed by atoms with van der Waals surface area (Å²) < 4.78 is 38.5. The lowest BCUT2D eigenvalue weighted by Gasteiger charge is -2.14. The molecule has 0 fully saturated rings. The van der Waals surface area contributed by atoms with Crippen molar-refractivity contribution in [2.24, 2.45) is 0 Å². The fourth-order valence-corrected chi connectivity index (χ4v) is 1.68. The minimum Gasteiger partial charge on any atom is -0.479 e. The first-order valence-electron chi connectivity index (χ1n) is 5.18. The molecule has 1 unspecified atom stereocenters. The highest BCUT2D eigenvalue weighted by atomic mass is 79.9. The predicted molar refractivity (Wildman–Crippen MR) is 65.1 cm³/mol. The number of carbonyl (C=O) groups excluding carboxylic acids is 1. The van der Waals surface area contributed by atoms with Crippen LogP contribution in [0.25, 0.3) is 0 Å². The van der Waals surface area contributed by atoms with Gasteiger partial charge >= 0.3 is 12.1 Å². The molecule has 1 atom stereocenters. The van der Waals surface area contributed by atoms with E-state index in [1.54, 1.807) is 0 Å². The maximum absolute atomic E-state index is 12.8. The highest BCUT2D eigenvalue weighted by molar-refractivity contribution is 9.10. The number of rotatable bonds is 4. The van der Waals surface area contributed by atoms with E-state index in [2.05, 4.69) is 15.9 Å². The molecule has 0 saturated carbocycles. The lowest BCUT2D eigenvalue weighted by molar-refractivity contribution is -0.146. The van der Waals surface area contributed by atoms with Gasteiger partial charge in [0, 0.05) is 4.47 Å². The molecule has 1 rings (SSSR count). The number of nitrogens with one attached hydrogen (secondary N) is 1. The fourth-order valence-electron chi connectivity index (χ4n) is 1.32. The fraction of sp³-hybridized carbons (Fsp3) is 0.273. The lowest BCUT2D eigenvalue weighted by atomic mass is 10.1. The minimum absolute atomic E-state index is 0.145. The number of aliphatic carboxylic acids is 1. The van der Waals surface area contributed by atoms with Crippen molar-refractivity contribution in [2.75, 3.05) is 6.54 Å². The molecule has 0 radical (unpaired) electrons. The van der Waals surface area contributed by atoms with Crippen LogP contribution < -0.4 is 5.32 Å². The van der Waals surface area contributed by atoms with E-state index in [0.29, 0.717) is 0 Å². The van der Waals surface area contributed by atoms with Crippen molar-refractivity contribution in [3.63, 3.8) is 0 Å².